The van der Waals surface area contributed by atoms with Crippen molar-refractivity contribution >= 4 is 40.0 Å². The van der Waals surface area contributed by atoms with Crippen LogP contribution in [0, 0.1) is 17.1 Å². The molecule has 2 heterocycles. The molecule has 1 N–H and O–H groups in total. The van der Waals surface area contributed by atoms with E-state index in [0.29, 0.717) is 49.0 Å². The van der Waals surface area contributed by atoms with E-state index >= 15 is 0 Å². The molecule has 1 aromatic heterocycles. The van der Waals surface area contributed by atoms with Crippen molar-refractivity contribution in [2.24, 2.45) is 4.99 Å². The molecule has 3 rings (SSSR count). The fraction of sp³-hybridized carbons (Fsp3) is 0.389. The van der Waals surface area contributed by atoms with E-state index in [9.17, 15) is 12.8 Å². The van der Waals surface area contributed by atoms with E-state index in [4.69, 9.17) is 5.26 Å². The fourth-order valence-corrected chi connectivity index (χ4v) is 4.48. The van der Waals surface area contributed by atoms with Crippen LogP contribution in [-0.4, -0.2) is 62.0 Å². The van der Waals surface area contributed by atoms with Crippen LogP contribution in [0.15, 0.2) is 40.0 Å². The Kier molecular flexibility index (Phi) is 8.56. The van der Waals surface area contributed by atoms with Gasteiger partial charge in [0.25, 0.3) is 0 Å². The summed E-state index contributed by atoms with van der Waals surface area (Å²) in [5.74, 6) is -0.0682. The molecule has 9 nitrogen and oxygen atoms in total. The van der Waals surface area contributed by atoms with Gasteiger partial charge in [-0.15, -0.1) is 24.0 Å². The monoisotopic (exact) mass is 548 g/mol. The minimum Gasteiger partial charge on any atom is -0.364 e. The van der Waals surface area contributed by atoms with Gasteiger partial charge < -0.3 is 14.7 Å². The molecule has 12 heteroatoms. The van der Waals surface area contributed by atoms with Crippen LogP contribution in [-0.2, 0) is 22.3 Å². The molecule has 0 spiro atoms. The topological polar surface area (TPSA) is 115 Å². The minimum absolute atomic E-state index is 0. The van der Waals surface area contributed by atoms with Crippen LogP contribution < -0.4 is 5.32 Å². The van der Waals surface area contributed by atoms with Gasteiger partial charge >= 0.3 is 0 Å². The molecule has 1 saturated heterocycles. The van der Waals surface area contributed by atoms with Crippen LogP contribution in [0.1, 0.15) is 16.8 Å². The third-order valence-electron chi connectivity index (χ3n) is 4.58. The Morgan fingerprint density at radius 2 is 2.07 bits per heavy atom. The summed E-state index contributed by atoms with van der Waals surface area (Å²) >= 11 is 0. The molecule has 1 aliphatic rings. The Labute approximate surface area is 191 Å². The Balaban J connectivity index is 0.00000320. The molecule has 0 aliphatic carbocycles. The largest absolute Gasteiger partial charge is 0.364 e. The minimum atomic E-state index is -3.49. The normalized spacial score (nSPS) is 15.4. The molecule has 0 amide bonds. The standard InChI is InChI=1S/C18H21FN6O3S.HI/c1-21-18(22-12-15-10-14(11-20)2-3-17(15)19)24-5-7-25(8-6-24)29(26,27)13-16-4-9-28-23-16;/h2-4,9-10H,5-8,12-13H2,1H3,(H,21,22);1H. The molecule has 0 saturated carbocycles. The molecule has 1 aliphatic heterocycles. The van der Waals surface area contributed by atoms with Gasteiger partial charge in [-0.25, -0.2) is 12.8 Å². The fourth-order valence-electron chi connectivity index (χ4n) is 3.05. The summed E-state index contributed by atoms with van der Waals surface area (Å²) in [4.78, 5) is 6.11. The molecule has 2 aromatic rings. The van der Waals surface area contributed by atoms with Crippen molar-refractivity contribution < 1.29 is 17.3 Å². The molecule has 0 bridgehead atoms. The lowest BCUT2D eigenvalue weighted by atomic mass is 10.1. The van der Waals surface area contributed by atoms with Gasteiger partial charge in [0.2, 0.25) is 10.0 Å². The van der Waals surface area contributed by atoms with E-state index in [1.165, 1.54) is 34.8 Å². The molecule has 1 aromatic carbocycles. The van der Waals surface area contributed by atoms with Crippen molar-refractivity contribution in [1.29, 1.82) is 5.26 Å². The lowest BCUT2D eigenvalue weighted by Crippen LogP contribution is -2.53. The highest BCUT2D eigenvalue weighted by molar-refractivity contribution is 14.0. The third kappa shape index (κ3) is 5.89. The van der Waals surface area contributed by atoms with Crippen LogP contribution in [0.2, 0.25) is 0 Å². The molecular weight excluding hydrogens is 526 g/mol. The van der Waals surface area contributed by atoms with E-state index in [0.717, 1.165) is 0 Å². The van der Waals surface area contributed by atoms with Gasteiger partial charge in [0.05, 0.1) is 17.3 Å². The molecule has 30 heavy (non-hydrogen) atoms. The smallest absolute Gasteiger partial charge is 0.220 e. The predicted molar refractivity (Wildman–Crippen MR) is 119 cm³/mol. The lowest BCUT2D eigenvalue weighted by Gasteiger charge is -2.35. The first-order valence-electron chi connectivity index (χ1n) is 8.94. The van der Waals surface area contributed by atoms with Crippen molar-refractivity contribution in [3.05, 3.63) is 53.2 Å². The quantitative estimate of drug-likeness (QED) is 0.343. The first kappa shape index (κ1) is 24.0. The van der Waals surface area contributed by atoms with E-state index in [-0.39, 0.29) is 36.3 Å². The van der Waals surface area contributed by atoms with Gasteiger partial charge in [-0.1, -0.05) is 5.16 Å². The number of hydrogen-bond acceptors (Lipinski definition) is 6. The number of guanidine groups is 1. The average Bonchev–Trinajstić information content (AvgIpc) is 3.22. The summed E-state index contributed by atoms with van der Waals surface area (Å²) < 4.78 is 45.1. The molecular formula is C18H22FIN6O3S. The Bertz CT molecular complexity index is 1020. The number of hydrogen-bond donors (Lipinski definition) is 1. The first-order valence-corrected chi connectivity index (χ1v) is 10.5. The van der Waals surface area contributed by atoms with Crippen molar-refractivity contribution in [3.63, 3.8) is 0 Å². The number of benzene rings is 1. The Morgan fingerprint density at radius 3 is 2.67 bits per heavy atom. The maximum absolute atomic E-state index is 14.0. The van der Waals surface area contributed by atoms with Crippen LogP contribution >= 0.6 is 24.0 Å². The second kappa shape index (κ2) is 10.7. The Hall–Kier alpha value is -2.24. The second-order valence-corrected chi connectivity index (χ2v) is 8.42. The van der Waals surface area contributed by atoms with Gasteiger partial charge in [-0.2, -0.15) is 9.57 Å². The summed E-state index contributed by atoms with van der Waals surface area (Å²) in [6.07, 6.45) is 1.34. The summed E-state index contributed by atoms with van der Waals surface area (Å²) in [5.41, 5.74) is 1.11. The number of aliphatic imine (C=N–C) groups is 1. The summed E-state index contributed by atoms with van der Waals surface area (Å²) in [6, 6.07) is 7.69. The average molecular weight is 548 g/mol. The number of halogens is 2. The number of nitriles is 1. The lowest BCUT2D eigenvalue weighted by molar-refractivity contribution is 0.259. The molecule has 162 valence electrons. The molecule has 0 radical (unpaired) electrons. The van der Waals surface area contributed by atoms with Crippen LogP contribution in [0.25, 0.3) is 0 Å². The zero-order valence-corrected chi connectivity index (χ0v) is 19.4. The van der Waals surface area contributed by atoms with Gasteiger partial charge in [-0.3, -0.25) is 4.99 Å². The predicted octanol–water partition coefficient (Wildman–Crippen LogP) is 1.53. The SMILES string of the molecule is CN=C(NCc1cc(C#N)ccc1F)N1CCN(S(=O)(=O)Cc2ccon2)CC1.I. The zero-order valence-electron chi connectivity index (χ0n) is 16.3. The van der Waals surface area contributed by atoms with Crippen molar-refractivity contribution in [1.82, 2.24) is 19.7 Å². The molecule has 0 atom stereocenters. The third-order valence-corrected chi connectivity index (χ3v) is 6.39. The van der Waals surface area contributed by atoms with Gasteiger partial charge in [0, 0.05) is 51.4 Å². The first-order chi connectivity index (χ1) is 13.9. The van der Waals surface area contributed by atoms with Crippen LogP contribution in [0.3, 0.4) is 0 Å². The van der Waals surface area contributed by atoms with E-state index in [1.54, 1.807) is 7.05 Å². The summed E-state index contributed by atoms with van der Waals surface area (Å²) in [7, 11) is -1.88. The highest BCUT2D eigenvalue weighted by Crippen LogP contribution is 2.14. The Morgan fingerprint density at radius 1 is 1.33 bits per heavy atom. The second-order valence-electron chi connectivity index (χ2n) is 6.45. The number of nitrogens with zero attached hydrogens (tertiary/aromatic N) is 5. The van der Waals surface area contributed by atoms with E-state index in [2.05, 4.69) is 20.0 Å². The summed E-state index contributed by atoms with van der Waals surface area (Å²) in [6.45, 7) is 1.66. The maximum atomic E-state index is 14.0. The molecule has 1 fully saturated rings. The highest BCUT2D eigenvalue weighted by atomic mass is 127. The van der Waals surface area contributed by atoms with Gasteiger partial charge in [0.15, 0.2) is 5.96 Å². The van der Waals surface area contributed by atoms with E-state index < -0.39 is 15.8 Å². The van der Waals surface area contributed by atoms with Crippen molar-refractivity contribution in [2.45, 2.75) is 12.3 Å². The highest BCUT2D eigenvalue weighted by Gasteiger charge is 2.29. The van der Waals surface area contributed by atoms with Gasteiger partial charge in [-0.05, 0) is 18.2 Å². The number of aromatic nitrogens is 1. The van der Waals surface area contributed by atoms with Crippen molar-refractivity contribution in [3.8, 4) is 6.07 Å². The van der Waals surface area contributed by atoms with Crippen LogP contribution in [0.4, 0.5) is 4.39 Å². The number of nitrogens with one attached hydrogen (secondary N) is 1. The number of sulfonamides is 1. The number of piperazine rings is 1. The van der Waals surface area contributed by atoms with Crippen LogP contribution in [0.5, 0.6) is 0 Å². The van der Waals surface area contributed by atoms with Gasteiger partial charge in [0.1, 0.15) is 17.8 Å². The zero-order chi connectivity index (χ0) is 20.9. The number of rotatable bonds is 5. The van der Waals surface area contributed by atoms with E-state index in [1.807, 2.05) is 11.0 Å². The maximum Gasteiger partial charge on any atom is 0.220 e. The van der Waals surface area contributed by atoms with Crippen molar-refractivity contribution in [2.75, 3.05) is 33.2 Å². The molecule has 0 unspecified atom stereocenters. The summed E-state index contributed by atoms with van der Waals surface area (Å²) in [5, 5.41) is 15.7.